The SMILES string of the molecule is C/C(=N\N=C1/SCC(=O)N1c1ccc(Cl)cc1)c1c(C)[nH]c(=S)n1-c1ccc(C)cc1. The van der Waals surface area contributed by atoms with Gasteiger partial charge in [-0.1, -0.05) is 41.1 Å². The number of carbonyl (C=O) groups is 1. The molecule has 2 heterocycles. The first-order valence-electron chi connectivity index (χ1n) is 9.58. The van der Waals surface area contributed by atoms with Crippen molar-refractivity contribution >= 4 is 58.1 Å². The molecule has 0 radical (unpaired) electrons. The Hall–Kier alpha value is -2.68. The molecule has 0 unspecified atom stereocenters. The lowest BCUT2D eigenvalue weighted by Gasteiger charge is -2.15. The van der Waals surface area contributed by atoms with E-state index in [1.165, 1.54) is 17.3 Å². The van der Waals surface area contributed by atoms with E-state index < -0.39 is 0 Å². The fraction of sp³-hybridized carbons (Fsp3) is 0.182. The molecule has 1 saturated heterocycles. The maximum Gasteiger partial charge on any atom is 0.243 e. The summed E-state index contributed by atoms with van der Waals surface area (Å²) in [4.78, 5) is 17.2. The largest absolute Gasteiger partial charge is 0.334 e. The van der Waals surface area contributed by atoms with E-state index in [9.17, 15) is 4.79 Å². The van der Waals surface area contributed by atoms with Gasteiger partial charge in [0, 0.05) is 16.4 Å². The number of nitrogens with zero attached hydrogens (tertiary/aromatic N) is 4. The van der Waals surface area contributed by atoms with Crippen LogP contribution in [0.15, 0.2) is 58.7 Å². The molecular weight excluding hydrogens is 450 g/mol. The number of imidazole rings is 1. The van der Waals surface area contributed by atoms with E-state index in [1.54, 1.807) is 29.2 Å². The summed E-state index contributed by atoms with van der Waals surface area (Å²) in [5.41, 5.74) is 5.28. The van der Waals surface area contributed by atoms with Crippen LogP contribution in [0.5, 0.6) is 0 Å². The number of amides is 1. The third-order valence-corrected chi connectivity index (χ3v) is 6.30. The van der Waals surface area contributed by atoms with Crippen molar-refractivity contribution < 1.29 is 4.79 Å². The zero-order chi connectivity index (χ0) is 22.1. The highest BCUT2D eigenvalue weighted by Gasteiger charge is 2.30. The van der Waals surface area contributed by atoms with Gasteiger partial charge in [0.25, 0.3) is 0 Å². The van der Waals surface area contributed by atoms with Gasteiger partial charge in [0.1, 0.15) is 0 Å². The van der Waals surface area contributed by atoms with Gasteiger partial charge in [0.2, 0.25) is 5.91 Å². The lowest BCUT2D eigenvalue weighted by atomic mass is 10.2. The Kier molecular flexibility index (Phi) is 6.13. The summed E-state index contributed by atoms with van der Waals surface area (Å²) in [6.07, 6.45) is 0. The molecule has 1 amide bonds. The Balaban J connectivity index is 1.72. The number of aryl methyl sites for hydroxylation is 2. The van der Waals surface area contributed by atoms with Crippen LogP contribution in [-0.2, 0) is 4.79 Å². The standard InChI is InChI=1S/C22H20ClN5OS2/c1-13-4-8-18(9-5-13)28-20(14(2)24-21(28)30)15(3)25-26-22-27(19(29)12-31-22)17-10-6-16(23)7-11-17/h4-11H,12H2,1-3H3,(H,24,30)/b25-15+,26-22-. The van der Waals surface area contributed by atoms with Gasteiger partial charge in [-0.25, -0.2) is 0 Å². The van der Waals surface area contributed by atoms with Crippen LogP contribution in [0.1, 0.15) is 23.9 Å². The van der Waals surface area contributed by atoms with Gasteiger partial charge in [-0.15, -0.1) is 5.10 Å². The Bertz CT molecular complexity index is 1260. The first kappa shape index (κ1) is 21.5. The van der Waals surface area contributed by atoms with Crippen LogP contribution < -0.4 is 4.90 Å². The topological polar surface area (TPSA) is 65.8 Å². The first-order valence-corrected chi connectivity index (χ1v) is 11.3. The average Bonchev–Trinajstić information content (AvgIpc) is 3.26. The number of benzene rings is 2. The quantitative estimate of drug-likeness (QED) is 0.304. The molecule has 3 aromatic rings. The van der Waals surface area contributed by atoms with Crippen molar-refractivity contribution in [2.24, 2.45) is 10.2 Å². The van der Waals surface area contributed by atoms with Crippen molar-refractivity contribution in [1.82, 2.24) is 9.55 Å². The number of thioether (sulfide) groups is 1. The van der Waals surface area contributed by atoms with E-state index >= 15 is 0 Å². The number of amidine groups is 1. The molecule has 0 saturated carbocycles. The second-order valence-corrected chi connectivity index (χ2v) is 8.90. The van der Waals surface area contributed by atoms with Crippen LogP contribution in [0.25, 0.3) is 5.69 Å². The molecule has 0 atom stereocenters. The molecule has 4 rings (SSSR count). The smallest absolute Gasteiger partial charge is 0.243 e. The minimum Gasteiger partial charge on any atom is -0.334 e. The monoisotopic (exact) mass is 469 g/mol. The van der Waals surface area contributed by atoms with Crippen LogP contribution in [0.3, 0.4) is 0 Å². The summed E-state index contributed by atoms with van der Waals surface area (Å²) in [6, 6.07) is 15.2. The van der Waals surface area contributed by atoms with Gasteiger partial charge in [0.05, 0.1) is 22.8 Å². The third-order valence-electron chi connectivity index (χ3n) is 4.85. The zero-order valence-corrected chi connectivity index (χ0v) is 19.6. The van der Waals surface area contributed by atoms with Crippen LogP contribution >= 0.6 is 35.6 Å². The number of aromatic amines is 1. The fourth-order valence-corrected chi connectivity index (χ4v) is 4.66. The molecular formula is C22H20ClN5OS2. The molecule has 1 aliphatic heterocycles. The number of nitrogens with one attached hydrogen (secondary N) is 1. The molecule has 0 bridgehead atoms. The molecule has 2 aromatic carbocycles. The maximum atomic E-state index is 12.4. The number of aromatic nitrogens is 2. The molecule has 1 fully saturated rings. The zero-order valence-electron chi connectivity index (χ0n) is 17.2. The summed E-state index contributed by atoms with van der Waals surface area (Å²) in [6.45, 7) is 5.88. The highest BCUT2D eigenvalue weighted by molar-refractivity contribution is 8.15. The minimum atomic E-state index is -0.0423. The van der Waals surface area contributed by atoms with Gasteiger partial charge in [0.15, 0.2) is 9.94 Å². The molecule has 0 spiro atoms. The molecule has 0 aliphatic carbocycles. The molecule has 6 nitrogen and oxygen atoms in total. The Labute approximate surface area is 194 Å². The highest BCUT2D eigenvalue weighted by Crippen LogP contribution is 2.28. The number of anilines is 1. The lowest BCUT2D eigenvalue weighted by molar-refractivity contribution is -0.115. The fourth-order valence-electron chi connectivity index (χ4n) is 3.36. The minimum absolute atomic E-state index is 0.0423. The second kappa shape index (κ2) is 8.82. The number of halogens is 1. The average molecular weight is 470 g/mol. The van der Waals surface area contributed by atoms with Crippen molar-refractivity contribution in [3.63, 3.8) is 0 Å². The van der Waals surface area contributed by atoms with Crippen molar-refractivity contribution in [3.05, 3.63) is 75.3 Å². The van der Waals surface area contributed by atoms with Crippen molar-refractivity contribution in [2.45, 2.75) is 20.8 Å². The Morgan fingerprint density at radius 2 is 1.74 bits per heavy atom. The van der Waals surface area contributed by atoms with E-state index in [4.69, 9.17) is 23.8 Å². The van der Waals surface area contributed by atoms with Gasteiger partial charge in [-0.3, -0.25) is 14.3 Å². The van der Waals surface area contributed by atoms with E-state index in [0.29, 0.717) is 32.1 Å². The summed E-state index contributed by atoms with van der Waals surface area (Å²) in [5.74, 6) is 0.276. The highest BCUT2D eigenvalue weighted by atomic mass is 35.5. The molecule has 1 aromatic heterocycles. The molecule has 9 heteroatoms. The van der Waals surface area contributed by atoms with Crippen molar-refractivity contribution in [2.75, 3.05) is 10.7 Å². The van der Waals surface area contributed by atoms with Crippen LogP contribution in [0.4, 0.5) is 5.69 Å². The second-order valence-electron chi connectivity index (χ2n) is 7.14. The van der Waals surface area contributed by atoms with E-state index in [1.807, 2.05) is 49.6 Å². The number of rotatable bonds is 4. The number of carbonyl (C=O) groups excluding carboxylic acids is 1. The molecule has 1 N–H and O–H groups in total. The molecule has 1 aliphatic rings. The van der Waals surface area contributed by atoms with E-state index in [0.717, 1.165) is 17.1 Å². The van der Waals surface area contributed by atoms with Gasteiger partial charge in [-0.2, -0.15) is 5.10 Å². The lowest BCUT2D eigenvalue weighted by Crippen LogP contribution is -2.29. The maximum absolute atomic E-state index is 12.4. The third kappa shape index (κ3) is 4.37. The Morgan fingerprint density at radius 3 is 2.42 bits per heavy atom. The van der Waals surface area contributed by atoms with Crippen LogP contribution in [0, 0.1) is 18.6 Å². The van der Waals surface area contributed by atoms with Crippen molar-refractivity contribution in [3.8, 4) is 5.69 Å². The van der Waals surface area contributed by atoms with Crippen LogP contribution in [0.2, 0.25) is 5.02 Å². The molecule has 158 valence electrons. The van der Waals surface area contributed by atoms with E-state index in [2.05, 4.69) is 15.2 Å². The summed E-state index contributed by atoms with van der Waals surface area (Å²) in [7, 11) is 0. The summed E-state index contributed by atoms with van der Waals surface area (Å²) >= 11 is 12.9. The van der Waals surface area contributed by atoms with Crippen molar-refractivity contribution in [1.29, 1.82) is 0 Å². The van der Waals surface area contributed by atoms with Gasteiger partial charge < -0.3 is 4.98 Å². The van der Waals surface area contributed by atoms with Gasteiger partial charge in [-0.05, 0) is 69.4 Å². The normalized spacial score (nSPS) is 15.9. The Morgan fingerprint density at radius 1 is 1.10 bits per heavy atom. The van der Waals surface area contributed by atoms with Crippen LogP contribution in [-0.4, -0.2) is 32.1 Å². The summed E-state index contributed by atoms with van der Waals surface area (Å²) in [5, 5.41) is 10.0. The number of hydrogen-bond donors (Lipinski definition) is 1. The first-order chi connectivity index (χ1) is 14.8. The predicted molar refractivity (Wildman–Crippen MR) is 131 cm³/mol. The molecule has 31 heavy (non-hydrogen) atoms. The van der Waals surface area contributed by atoms with E-state index in [-0.39, 0.29) is 5.91 Å². The summed E-state index contributed by atoms with van der Waals surface area (Å²) < 4.78 is 2.54. The van der Waals surface area contributed by atoms with Gasteiger partial charge >= 0.3 is 0 Å². The number of hydrogen-bond acceptors (Lipinski definition) is 5. The number of H-pyrrole nitrogens is 1. The predicted octanol–water partition coefficient (Wildman–Crippen LogP) is 5.67.